The summed E-state index contributed by atoms with van der Waals surface area (Å²) in [5, 5.41) is 7.11. The molecule has 8 heteroatoms. The summed E-state index contributed by atoms with van der Waals surface area (Å²) < 4.78 is 5.12. The Labute approximate surface area is 122 Å². The molecule has 2 unspecified atom stereocenters. The molecular formula is C13H16N6O2. The van der Waals surface area contributed by atoms with E-state index in [2.05, 4.69) is 20.1 Å². The van der Waals surface area contributed by atoms with Crippen LogP contribution in [0.5, 0.6) is 0 Å². The molecule has 0 N–H and O–H groups in total. The molecule has 0 radical (unpaired) electrons. The molecule has 0 amide bonds. The summed E-state index contributed by atoms with van der Waals surface area (Å²) in [6, 6.07) is 7.81. The van der Waals surface area contributed by atoms with Crippen molar-refractivity contribution in [2.24, 2.45) is 10.2 Å². The first-order valence-electron chi connectivity index (χ1n) is 6.49. The first-order valence-corrected chi connectivity index (χ1v) is 6.49. The predicted octanol–water partition coefficient (Wildman–Crippen LogP) is 4.00. The van der Waals surface area contributed by atoms with Gasteiger partial charge in [-0.15, -0.1) is 0 Å². The van der Waals surface area contributed by atoms with Crippen LogP contribution >= 0.6 is 0 Å². The Bertz CT molecular complexity index is 549. The van der Waals surface area contributed by atoms with E-state index in [9.17, 15) is 4.79 Å². The van der Waals surface area contributed by atoms with E-state index in [1.807, 2.05) is 6.07 Å². The van der Waals surface area contributed by atoms with Gasteiger partial charge in [0.15, 0.2) is 0 Å². The van der Waals surface area contributed by atoms with Crippen molar-refractivity contribution in [1.82, 2.24) is 0 Å². The second-order valence-corrected chi connectivity index (χ2v) is 4.36. The third-order valence-electron chi connectivity index (χ3n) is 2.88. The minimum Gasteiger partial charge on any atom is -0.462 e. The largest absolute Gasteiger partial charge is 0.462 e. The molecule has 21 heavy (non-hydrogen) atoms. The number of azide groups is 2. The first kappa shape index (κ1) is 16.4. The Morgan fingerprint density at radius 3 is 2.52 bits per heavy atom. The highest BCUT2D eigenvalue weighted by Crippen LogP contribution is 2.12. The van der Waals surface area contributed by atoms with Gasteiger partial charge in [-0.3, -0.25) is 0 Å². The SMILES string of the molecule is CC(N=[N+]=[N-])C(CCCOC(=O)c1ccccc1)N=[N+]=[N-]. The van der Waals surface area contributed by atoms with Gasteiger partial charge in [-0.25, -0.2) is 4.79 Å². The van der Waals surface area contributed by atoms with Crippen LogP contribution in [0.15, 0.2) is 40.6 Å². The van der Waals surface area contributed by atoms with E-state index in [-0.39, 0.29) is 12.6 Å². The standard InChI is InChI=1S/C13H16N6O2/c1-10(16-18-14)12(17-19-15)8-5-9-21-13(20)11-6-3-2-4-7-11/h2-4,6-7,10,12H,5,8-9H2,1H3. The number of carbonyl (C=O) groups is 1. The molecule has 110 valence electrons. The lowest BCUT2D eigenvalue weighted by Gasteiger charge is -2.14. The highest BCUT2D eigenvalue weighted by Gasteiger charge is 2.14. The van der Waals surface area contributed by atoms with E-state index in [0.717, 1.165) is 0 Å². The predicted molar refractivity (Wildman–Crippen MR) is 77.5 cm³/mol. The number of rotatable bonds is 8. The van der Waals surface area contributed by atoms with Crippen molar-refractivity contribution < 1.29 is 9.53 Å². The number of hydrogen-bond acceptors (Lipinski definition) is 4. The van der Waals surface area contributed by atoms with Crippen LogP contribution in [0.3, 0.4) is 0 Å². The van der Waals surface area contributed by atoms with Crippen molar-refractivity contribution in [1.29, 1.82) is 0 Å². The lowest BCUT2D eigenvalue weighted by atomic mass is 10.1. The highest BCUT2D eigenvalue weighted by molar-refractivity contribution is 5.89. The van der Waals surface area contributed by atoms with Crippen LogP contribution in [0.2, 0.25) is 0 Å². The zero-order chi connectivity index (χ0) is 15.5. The van der Waals surface area contributed by atoms with Gasteiger partial charge in [-0.1, -0.05) is 35.4 Å². The minimum absolute atomic E-state index is 0.216. The van der Waals surface area contributed by atoms with Crippen LogP contribution in [0.1, 0.15) is 30.1 Å². The smallest absolute Gasteiger partial charge is 0.338 e. The lowest BCUT2D eigenvalue weighted by molar-refractivity contribution is 0.0496. The van der Waals surface area contributed by atoms with Gasteiger partial charge in [-0.2, -0.15) is 0 Å². The van der Waals surface area contributed by atoms with E-state index in [1.54, 1.807) is 31.2 Å². The van der Waals surface area contributed by atoms with Crippen molar-refractivity contribution >= 4 is 5.97 Å². The normalized spacial score (nSPS) is 12.4. The van der Waals surface area contributed by atoms with Gasteiger partial charge < -0.3 is 4.74 Å². The first-order chi connectivity index (χ1) is 10.2. The monoisotopic (exact) mass is 288 g/mol. The molecule has 0 fully saturated rings. The number of nitrogens with zero attached hydrogens (tertiary/aromatic N) is 6. The van der Waals surface area contributed by atoms with E-state index in [1.165, 1.54) is 0 Å². The molecule has 0 saturated heterocycles. The number of esters is 1. The molecule has 1 aromatic rings. The summed E-state index contributed by atoms with van der Waals surface area (Å²) in [6.45, 7) is 1.89. The molecule has 0 spiro atoms. The van der Waals surface area contributed by atoms with Gasteiger partial charge in [0.2, 0.25) is 0 Å². The van der Waals surface area contributed by atoms with Crippen LogP contribution in [0, 0.1) is 0 Å². The maximum absolute atomic E-state index is 11.7. The summed E-state index contributed by atoms with van der Waals surface area (Å²) in [5.41, 5.74) is 17.4. The molecule has 0 aromatic heterocycles. The van der Waals surface area contributed by atoms with E-state index >= 15 is 0 Å². The third kappa shape index (κ3) is 5.86. The van der Waals surface area contributed by atoms with E-state index in [4.69, 9.17) is 15.8 Å². The van der Waals surface area contributed by atoms with Crippen molar-refractivity contribution in [3.8, 4) is 0 Å². The summed E-state index contributed by atoms with van der Waals surface area (Å²) in [4.78, 5) is 17.1. The Morgan fingerprint density at radius 2 is 1.90 bits per heavy atom. The molecule has 0 aliphatic rings. The van der Waals surface area contributed by atoms with Gasteiger partial charge in [0.25, 0.3) is 0 Å². The van der Waals surface area contributed by atoms with Gasteiger partial charge in [0.1, 0.15) is 0 Å². The molecule has 0 saturated carbocycles. The van der Waals surface area contributed by atoms with Crippen LogP contribution in [0.25, 0.3) is 20.9 Å². The fraction of sp³-hybridized carbons (Fsp3) is 0.462. The second-order valence-electron chi connectivity index (χ2n) is 4.36. The molecule has 1 aromatic carbocycles. The molecule has 8 nitrogen and oxygen atoms in total. The molecule has 1 rings (SSSR count). The average molecular weight is 288 g/mol. The van der Waals surface area contributed by atoms with E-state index in [0.29, 0.717) is 18.4 Å². The summed E-state index contributed by atoms with van der Waals surface area (Å²) in [7, 11) is 0. The van der Waals surface area contributed by atoms with Crippen LogP contribution in [-0.2, 0) is 4.74 Å². The molecular weight excluding hydrogens is 272 g/mol. The quantitative estimate of drug-likeness (QED) is 0.236. The van der Waals surface area contributed by atoms with E-state index < -0.39 is 12.1 Å². The average Bonchev–Trinajstić information content (AvgIpc) is 2.51. The molecule has 0 bridgehead atoms. The lowest BCUT2D eigenvalue weighted by Crippen LogP contribution is -2.19. The topological polar surface area (TPSA) is 124 Å². The second kappa shape index (κ2) is 9.25. The zero-order valence-electron chi connectivity index (χ0n) is 11.7. The van der Waals surface area contributed by atoms with Crippen molar-refractivity contribution in [3.63, 3.8) is 0 Å². The molecule has 0 heterocycles. The third-order valence-corrected chi connectivity index (χ3v) is 2.88. The van der Waals surface area contributed by atoms with Crippen LogP contribution in [0.4, 0.5) is 0 Å². The fourth-order valence-corrected chi connectivity index (χ4v) is 1.74. The minimum atomic E-state index is -0.443. The fourth-order valence-electron chi connectivity index (χ4n) is 1.74. The number of benzene rings is 1. The Morgan fingerprint density at radius 1 is 1.24 bits per heavy atom. The molecule has 0 aliphatic carbocycles. The number of ether oxygens (including phenoxy) is 1. The number of carbonyl (C=O) groups excluding carboxylic acids is 1. The Hall–Kier alpha value is -2.69. The van der Waals surface area contributed by atoms with Gasteiger partial charge in [0.05, 0.1) is 12.2 Å². The zero-order valence-corrected chi connectivity index (χ0v) is 11.7. The Balaban J connectivity index is 2.39. The van der Waals surface area contributed by atoms with Crippen LogP contribution < -0.4 is 0 Å². The van der Waals surface area contributed by atoms with Gasteiger partial charge in [0, 0.05) is 21.9 Å². The maximum Gasteiger partial charge on any atom is 0.338 e. The molecule has 2 atom stereocenters. The summed E-state index contributed by atoms with van der Waals surface area (Å²) in [5.74, 6) is -0.390. The molecule has 0 aliphatic heterocycles. The maximum atomic E-state index is 11.7. The summed E-state index contributed by atoms with van der Waals surface area (Å²) in [6.07, 6.45) is 1.000. The summed E-state index contributed by atoms with van der Waals surface area (Å²) >= 11 is 0. The highest BCUT2D eigenvalue weighted by atomic mass is 16.5. The van der Waals surface area contributed by atoms with Crippen LogP contribution in [-0.4, -0.2) is 24.7 Å². The van der Waals surface area contributed by atoms with Crippen molar-refractivity contribution in [2.75, 3.05) is 6.61 Å². The van der Waals surface area contributed by atoms with Gasteiger partial charge in [-0.05, 0) is 36.0 Å². The van der Waals surface area contributed by atoms with Crippen molar-refractivity contribution in [3.05, 3.63) is 56.8 Å². The van der Waals surface area contributed by atoms with Crippen molar-refractivity contribution in [2.45, 2.75) is 31.8 Å². The Kier molecular flexibility index (Phi) is 7.21. The van der Waals surface area contributed by atoms with Gasteiger partial charge >= 0.3 is 5.97 Å². The number of hydrogen-bond donors (Lipinski definition) is 0.